The van der Waals surface area contributed by atoms with Crippen LogP contribution in [0, 0.1) is 11.6 Å². The number of carboxylic acids is 1. The Hall–Kier alpha value is -2.24. The van der Waals surface area contributed by atoms with Crippen molar-refractivity contribution in [2.24, 2.45) is 0 Å². The summed E-state index contributed by atoms with van der Waals surface area (Å²) in [5, 5.41) is 11.1. The third-order valence-electron chi connectivity index (χ3n) is 2.67. The van der Waals surface area contributed by atoms with E-state index in [0.717, 1.165) is 18.2 Å². The second-order valence-electron chi connectivity index (χ2n) is 3.97. The molecular formula is C13H13F2NO3. The summed E-state index contributed by atoms with van der Waals surface area (Å²) >= 11 is 0. The number of amides is 1. The first-order valence-corrected chi connectivity index (χ1v) is 5.45. The fourth-order valence-corrected chi connectivity index (χ4v) is 1.32. The van der Waals surface area contributed by atoms with Gasteiger partial charge in [0.15, 0.2) is 0 Å². The molecule has 1 aromatic rings. The number of nitrogens with one attached hydrogen (secondary N) is 1. The van der Waals surface area contributed by atoms with Crippen LogP contribution in [-0.4, -0.2) is 17.0 Å². The van der Waals surface area contributed by atoms with E-state index >= 15 is 0 Å². The molecule has 1 rings (SSSR count). The third kappa shape index (κ3) is 3.87. The third-order valence-corrected chi connectivity index (χ3v) is 2.67. The quantitative estimate of drug-likeness (QED) is 0.822. The SMILES string of the molecule is C/C(C(=O)O)=C(\C)C(=O)NCc1cc(F)ccc1F. The van der Waals surface area contributed by atoms with Crippen LogP contribution in [-0.2, 0) is 16.1 Å². The number of hydrogen-bond acceptors (Lipinski definition) is 2. The van der Waals surface area contributed by atoms with Gasteiger partial charge in [-0.3, -0.25) is 4.79 Å². The number of rotatable bonds is 4. The van der Waals surface area contributed by atoms with Gasteiger partial charge >= 0.3 is 5.97 Å². The van der Waals surface area contributed by atoms with Crippen LogP contribution in [0.1, 0.15) is 19.4 Å². The first-order chi connectivity index (χ1) is 8.82. The first-order valence-electron chi connectivity index (χ1n) is 5.45. The van der Waals surface area contributed by atoms with E-state index in [1.54, 1.807) is 0 Å². The van der Waals surface area contributed by atoms with Crippen LogP contribution in [0.25, 0.3) is 0 Å². The van der Waals surface area contributed by atoms with E-state index in [1.807, 2.05) is 0 Å². The Labute approximate surface area is 108 Å². The molecular weight excluding hydrogens is 256 g/mol. The highest BCUT2D eigenvalue weighted by molar-refractivity contribution is 6.01. The lowest BCUT2D eigenvalue weighted by Crippen LogP contribution is -2.25. The van der Waals surface area contributed by atoms with Crippen molar-refractivity contribution in [1.82, 2.24) is 5.32 Å². The highest BCUT2D eigenvalue weighted by atomic mass is 19.1. The van der Waals surface area contributed by atoms with Gasteiger partial charge in [0.1, 0.15) is 11.6 Å². The van der Waals surface area contributed by atoms with Crippen LogP contribution < -0.4 is 5.32 Å². The zero-order valence-corrected chi connectivity index (χ0v) is 10.5. The lowest BCUT2D eigenvalue weighted by molar-refractivity contribution is -0.133. The molecule has 0 bridgehead atoms. The first kappa shape index (κ1) is 14.8. The summed E-state index contributed by atoms with van der Waals surface area (Å²) in [6.07, 6.45) is 0. The largest absolute Gasteiger partial charge is 0.478 e. The molecule has 0 radical (unpaired) electrons. The lowest BCUT2D eigenvalue weighted by Gasteiger charge is -2.08. The fourth-order valence-electron chi connectivity index (χ4n) is 1.32. The monoisotopic (exact) mass is 269 g/mol. The Morgan fingerprint density at radius 1 is 1.21 bits per heavy atom. The van der Waals surface area contributed by atoms with Gasteiger partial charge in [0.05, 0.1) is 0 Å². The van der Waals surface area contributed by atoms with Crippen LogP contribution in [0.4, 0.5) is 8.78 Å². The summed E-state index contributed by atoms with van der Waals surface area (Å²) in [5.74, 6) is -3.09. The van der Waals surface area contributed by atoms with Crippen molar-refractivity contribution in [3.05, 3.63) is 46.5 Å². The summed E-state index contributed by atoms with van der Waals surface area (Å²) in [4.78, 5) is 22.3. The Morgan fingerprint density at radius 2 is 1.84 bits per heavy atom. The van der Waals surface area contributed by atoms with Crippen LogP contribution in [0.2, 0.25) is 0 Å². The van der Waals surface area contributed by atoms with E-state index in [0.29, 0.717) is 0 Å². The summed E-state index contributed by atoms with van der Waals surface area (Å²) in [7, 11) is 0. The van der Waals surface area contributed by atoms with Gasteiger partial charge < -0.3 is 10.4 Å². The van der Waals surface area contributed by atoms with Gasteiger partial charge in [0.25, 0.3) is 0 Å². The second-order valence-corrected chi connectivity index (χ2v) is 3.97. The number of carbonyl (C=O) groups is 2. The van der Waals surface area contributed by atoms with Gasteiger partial charge in [-0.2, -0.15) is 0 Å². The normalized spacial score (nSPS) is 11.8. The van der Waals surface area contributed by atoms with Crippen molar-refractivity contribution in [3.8, 4) is 0 Å². The molecule has 6 heteroatoms. The average molecular weight is 269 g/mol. The minimum Gasteiger partial charge on any atom is -0.478 e. The number of halogens is 2. The molecule has 102 valence electrons. The number of carboxylic acid groups (broad SMARTS) is 1. The van der Waals surface area contributed by atoms with Gasteiger partial charge in [-0.25, -0.2) is 13.6 Å². The van der Waals surface area contributed by atoms with Crippen molar-refractivity contribution in [2.45, 2.75) is 20.4 Å². The van der Waals surface area contributed by atoms with Crippen molar-refractivity contribution in [3.63, 3.8) is 0 Å². The molecule has 1 aromatic carbocycles. The molecule has 2 N–H and O–H groups in total. The lowest BCUT2D eigenvalue weighted by atomic mass is 10.1. The van der Waals surface area contributed by atoms with Gasteiger partial charge in [0.2, 0.25) is 5.91 Å². The maximum Gasteiger partial charge on any atom is 0.331 e. The molecule has 0 aromatic heterocycles. The molecule has 0 unspecified atom stereocenters. The van der Waals surface area contributed by atoms with E-state index in [2.05, 4.69) is 5.32 Å². The molecule has 1 amide bonds. The Morgan fingerprint density at radius 3 is 2.42 bits per heavy atom. The molecule has 19 heavy (non-hydrogen) atoms. The van der Waals surface area contributed by atoms with E-state index in [4.69, 9.17) is 5.11 Å². The molecule has 0 aliphatic rings. The predicted octanol–water partition coefficient (Wildman–Crippen LogP) is 2.00. The fraction of sp³-hybridized carbons (Fsp3) is 0.231. The highest BCUT2D eigenvalue weighted by Crippen LogP contribution is 2.10. The Balaban J connectivity index is 2.77. The van der Waals surface area contributed by atoms with Gasteiger partial charge in [-0.15, -0.1) is 0 Å². The van der Waals surface area contributed by atoms with Crippen molar-refractivity contribution < 1.29 is 23.5 Å². The molecule has 0 saturated carbocycles. The summed E-state index contributed by atoms with van der Waals surface area (Å²) in [6, 6.07) is 2.90. The maximum atomic E-state index is 13.3. The molecule has 0 atom stereocenters. The molecule has 0 aliphatic heterocycles. The van der Waals surface area contributed by atoms with Gasteiger partial charge in [-0.1, -0.05) is 0 Å². The van der Waals surface area contributed by atoms with E-state index < -0.39 is 23.5 Å². The minimum absolute atomic E-state index is 0.00544. The van der Waals surface area contributed by atoms with Crippen LogP contribution in [0.15, 0.2) is 29.3 Å². The van der Waals surface area contributed by atoms with Gasteiger partial charge in [-0.05, 0) is 32.0 Å². The molecule has 0 spiro atoms. The molecule has 0 saturated heterocycles. The zero-order valence-electron chi connectivity index (χ0n) is 10.5. The predicted molar refractivity (Wildman–Crippen MR) is 64.2 cm³/mol. The Bertz CT molecular complexity index is 553. The van der Waals surface area contributed by atoms with Crippen LogP contribution >= 0.6 is 0 Å². The number of carbonyl (C=O) groups excluding carboxylic acids is 1. The van der Waals surface area contributed by atoms with Crippen LogP contribution in [0.3, 0.4) is 0 Å². The van der Waals surface area contributed by atoms with E-state index in [1.165, 1.54) is 13.8 Å². The molecule has 0 fully saturated rings. The molecule has 0 aliphatic carbocycles. The van der Waals surface area contributed by atoms with E-state index in [9.17, 15) is 18.4 Å². The topological polar surface area (TPSA) is 66.4 Å². The number of benzene rings is 1. The van der Waals surface area contributed by atoms with Crippen molar-refractivity contribution >= 4 is 11.9 Å². The van der Waals surface area contributed by atoms with Crippen LogP contribution in [0.5, 0.6) is 0 Å². The zero-order chi connectivity index (χ0) is 14.6. The van der Waals surface area contributed by atoms with Crippen molar-refractivity contribution in [1.29, 1.82) is 0 Å². The average Bonchev–Trinajstić information content (AvgIpc) is 2.37. The second kappa shape index (κ2) is 6.08. The maximum absolute atomic E-state index is 13.3. The summed E-state index contributed by atoms with van der Waals surface area (Å²) in [5.41, 5.74) is -0.0874. The molecule has 4 nitrogen and oxygen atoms in total. The summed E-state index contributed by atoms with van der Waals surface area (Å²) in [6.45, 7) is 2.42. The van der Waals surface area contributed by atoms with Gasteiger partial charge in [0, 0.05) is 23.3 Å². The van der Waals surface area contributed by atoms with E-state index in [-0.39, 0.29) is 23.3 Å². The molecule has 0 heterocycles. The smallest absolute Gasteiger partial charge is 0.331 e. The number of aliphatic carboxylic acids is 1. The number of hydrogen-bond donors (Lipinski definition) is 2. The van der Waals surface area contributed by atoms with Crippen molar-refractivity contribution in [2.75, 3.05) is 0 Å². The summed E-state index contributed by atoms with van der Waals surface area (Å²) < 4.78 is 26.2. The minimum atomic E-state index is -1.20. The standard InChI is InChI=1S/C13H13F2NO3/c1-7(8(2)13(18)19)12(17)16-6-9-5-10(14)3-4-11(9)15/h3-5H,6H2,1-2H3,(H,16,17)(H,18,19)/b8-7-. The Kier molecular flexibility index (Phi) is 4.74. The highest BCUT2D eigenvalue weighted by Gasteiger charge is 2.13.